The first kappa shape index (κ1) is 12.1. The quantitative estimate of drug-likeness (QED) is 0.765. The van der Waals surface area contributed by atoms with E-state index in [1.165, 1.54) is 0 Å². The molecular formula is C14H14N4S. The standard InChI is InChI=1S/C14H14N4S/c15-12-7-10(8-16-9-14-17-5-6-19-14)18-13-4-2-1-3-11(12)13/h1-7,16H,8-9H2,(H2,15,18). The molecule has 96 valence electrons. The summed E-state index contributed by atoms with van der Waals surface area (Å²) in [6, 6.07) is 9.85. The maximum Gasteiger partial charge on any atom is 0.106 e. The zero-order valence-electron chi connectivity index (χ0n) is 10.3. The monoisotopic (exact) mass is 270 g/mol. The molecule has 0 aliphatic rings. The van der Waals surface area contributed by atoms with Crippen LogP contribution in [0.2, 0.25) is 0 Å². The fraction of sp³-hybridized carbons (Fsp3) is 0.143. The first-order valence-corrected chi connectivity index (χ1v) is 6.94. The largest absolute Gasteiger partial charge is 0.398 e. The molecule has 0 saturated carbocycles. The molecule has 2 aromatic heterocycles. The lowest BCUT2D eigenvalue weighted by Gasteiger charge is -2.06. The molecule has 0 bridgehead atoms. The molecule has 3 rings (SSSR count). The van der Waals surface area contributed by atoms with Gasteiger partial charge in [-0.3, -0.25) is 4.98 Å². The second-order valence-electron chi connectivity index (χ2n) is 4.25. The Morgan fingerprint density at radius 1 is 1.21 bits per heavy atom. The Bertz CT molecular complexity index is 679. The summed E-state index contributed by atoms with van der Waals surface area (Å²) < 4.78 is 0. The number of para-hydroxylation sites is 1. The summed E-state index contributed by atoms with van der Waals surface area (Å²) in [6.07, 6.45) is 1.81. The lowest BCUT2D eigenvalue weighted by molar-refractivity contribution is 0.679. The van der Waals surface area contributed by atoms with Crippen molar-refractivity contribution >= 4 is 27.9 Å². The number of nitrogens with one attached hydrogen (secondary N) is 1. The van der Waals surface area contributed by atoms with Crippen molar-refractivity contribution in [2.75, 3.05) is 5.73 Å². The van der Waals surface area contributed by atoms with Crippen LogP contribution in [0.4, 0.5) is 5.69 Å². The van der Waals surface area contributed by atoms with Crippen molar-refractivity contribution in [3.8, 4) is 0 Å². The molecule has 19 heavy (non-hydrogen) atoms. The predicted octanol–water partition coefficient (Wildman–Crippen LogP) is 2.56. The zero-order valence-corrected chi connectivity index (χ0v) is 11.2. The van der Waals surface area contributed by atoms with Crippen LogP contribution in [0.25, 0.3) is 10.9 Å². The van der Waals surface area contributed by atoms with Crippen molar-refractivity contribution in [2.24, 2.45) is 0 Å². The number of pyridine rings is 1. The molecule has 5 heteroatoms. The number of hydrogen-bond donors (Lipinski definition) is 2. The first-order valence-electron chi connectivity index (χ1n) is 6.06. The maximum absolute atomic E-state index is 6.05. The Balaban J connectivity index is 1.74. The summed E-state index contributed by atoms with van der Waals surface area (Å²) in [4.78, 5) is 8.82. The minimum Gasteiger partial charge on any atom is -0.398 e. The maximum atomic E-state index is 6.05. The van der Waals surface area contributed by atoms with Crippen LogP contribution < -0.4 is 11.1 Å². The molecule has 2 heterocycles. The number of aromatic nitrogens is 2. The Morgan fingerprint density at radius 3 is 2.95 bits per heavy atom. The summed E-state index contributed by atoms with van der Waals surface area (Å²) in [6.45, 7) is 1.45. The van der Waals surface area contributed by atoms with Crippen LogP contribution in [0.15, 0.2) is 41.9 Å². The van der Waals surface area contributed by atoms with E-state index in [9.17, 15) is 0 Å². The third-order valence-electron chi connectivity index (χ3n) is 2.87. The van der Waals surface area contributed by atoms with E-state index in [0.717, 1.165) is 33.8 Å². The van der Waals surface area contributed by atoms with Crippen molar-refractivity contribution in [1.82, 2.24) is 15.3 Å². The summed E-state index contributed by atoms with van der Waals surface area (Å²) in [5, 5.41) is 7.38. The third kappa shape index (κ3) is 2.72. The second-order valence-corrected chi connectivity index (χ2v) is 5.23. The van der Waals surface area contributed by atoms with Gasteiger partial charge in [0, 0.05) is 35.7 Å². The number of nitrogens with two attached hydrogens (primary N) is 1. The summed E-state index contributed by atoms with van der Waals surface area (Å²) in [5.74, 6) is 0. The third-order valence-corrected chi connectivity index (χ3v) is 3.65. The Kier molecular flexibility index (Phi) is 3.39. The van der Waals surface area contributed by atoms with Crippen molar-refractivity contribution in [3.63, 3.8) is 0 Å². The van der Waals surface area contributed by atoms with Gasteiger partial charge in [0.05, 0.1) is 11.2 Å². The molecule has 0 saturated heterocycles. The number of nitrogens with zero attached hydrogens (tertiary/aromatic N) is 2. The smallest absolute Gasteiger partial charge is 0.106 e. The lowest BCUT2D eigenvalue weighted by atomic mass is 10.1. The van der Waals surface area contributed by atoms with Crippen LogP contribution >= 0.6 is 11.3 Å². The Morgan fingerprint density at radius 2 is 2.11 bits per heavy atom. The fourth-order valence-electron chi connectivity index (χ4n) is 1.99. The van der Waals surface area contributed by atoms with Crippen molar-refractivity contribution in [3.05, 3.63) is 52.6 Å². The summed E-state index contributed by atoms with van der Waals surface area (Å²) in [7, 11) is 0. The van der Waals surface area contributed by atoms with Gasteiger partial charge in [-0.1, -0.05) is 18.2 Å². The highest BCUT2D eigenvalue weighted by Gasteiger charge is 2.03. The Labute approximate surface area is 115 Å². The highest BCUT2D eigenvalue weighted by atomic mass is 32.1. The lowest BCUT2D eigenvalue weighted by Crippen LogP contribution is -2.13. The predicted molar refractivity (Wildman–Crippen MR) is 78.8 cm³/mol. The van der Waals surface area contributed by atoms with Gasteiger partial charge in [0.15, 0.2) is 0 Å². The minimum absolute atomic E-state index is 0.689. The van der Waals surface area contributed by atoms with Gasteiger partial charge in [-0.15, -0.1) is 11.3 Å². The van der Waals surface area contributed by atoms with E-state index < -0.39 is 0 Å². The molecule has 0 aliphatic carbocycles. The summed E-state index contributed by atoms with van der Waals surface area (Å²) >= 11 is 1.65. The van der Waals surface area contributed by atoms with Crippen LogP contribution in [0.1, 0.15) is 10.7 Å². The van der Waals surface area contributed by atoms with E-state index in [1.807, 2.05) is 41.9 Å². The number of fused-ring (bicyclic) bond motifs is 1. The number of rotatable bonds is 4. The molecule has 3 N–H and O–H groups in total. The molecule has 1 aromatic carbocycles. The summed E-state index contributed by atoms with van der Waals surface area (Å²) in [5.41, 5.74) is 8.71. The molecule has 0 fully saturated rings. The van der Waals surface area contributed by atoms with Gasteiger partial charge in [0.2, 0.25) is 0 Å². The van der Waals surface area contributed by atoms with Gasteiger partial charge in [0.1, 0.15) is 5.01 Å². The van der Waals surface area contributed by atoms with E-state index in [1.54, 1.807) is 11.3 Å². The molecule has 4 nitrogen and oxygen atoms in total. The SMILES string of the molecule is Nc1cc(CNCc2nccs2)nc2ccccc12. The molecule has 3 aromatic rings. The molecule has 0 atom stereocenters. The van der Waals surface area contributed by atoms with Gasteiger partial charge in [-0.05, 0) is 12.1 Å². The number of nitrogen functional groups attached to an aromatic ring is 1. The molecule has 0 amide bonds. The van der Waals surface area contributed by atoms with Crippen LogP contribution in [-0.4, -0.2) is 9.97 Å². The molecule has 0 spiro atoms. The highest BCUT2D eigenvalue weighted by molar-refractivity contribution is 7.09. The molecular weight excluding hydrogens is 256 g/mol. The van der Waals surface area contributed by atoms with Gasteiger partial charge >= 0.3 is 0 Å². The van der Waals surface area contributed by atoms with E-state index in [-0.39, 0.29) is 0 Å². The number of thiazole rings is 1. The average Bonchev–Trinajstić information content (AvgIpc) is 2.92. The van der Waals surface area contributed by atoms with E-state index >= 15 is 0 Å². The van der Waals surface area contributed by atoms with Gasteiger partial charge in [-0.2, -0.15) is 0 Å². The van der Waals surface area contributed by atoms with Crippen LogP contribution in [0, 0.1) is 0 Å². The second kappa shape index (κ2) is 5.34. The van der Waals surface area contributed by atoms with E-state index in [0.29, 0.717) is 6.54 Å². The van der Waals surface area contributed by atoms with Crippen LogP contribution in [-0.2, 0) is 13.1 Å². The normalized spacial score (nSPS) is 10.9. The zero-order chi connectivity index (χ0) is 13.1. The minimum atomic E-state index is 0.689. The van der Waals surface area contributed by atoms with Gasteiger partial charge < -0.3 is 11.1 Å². The van der Waals surface area contributed by atoms with Crippen LogP contribution in [0.3, 0.4) is 0 Å². The number of hydrogen-bond acceptors (Lipinski definition) is 5. The van der Waals surface area contributed by atoms with Crippen LogP contribution in [0.5, 0.6) is 0 Å². The van der Waals surface area contributed by atoms with E-state index in [4.69, 9.17) is 5.73 Å². The van der Waals surface area contributed by atoms with Crippen molar-refractivity contribution < 1.29 is 0 Å². The molecule has 0 unspecified atom stereocenters. The molecule has 0 radical (unpaired) electrons. The number of benzene rings is 1. The van der Waals surface area contributed by atoms with Gasteiger partial charge in [-0.25, -0.2) is 4.98 Å². The number of anilines is 1. The topological polar surface area (TPSA) is 63.8 Å². The first-order chi connectivity index (χ1) is 9.33. The average molecular weight is 270 g/mol. The highest BCUT2D eigenvalue weighted by Crippen LogP contribution is 2.19. The van der Waals surface area contributed by atoms with E-state index in [2.05, 4.69) is 15.3 Å². The van der Waals surface area contributed by atoms with Gasteiger partial charge in [0.25, 0.3) is 0 Å². The Hall–Kier alpha value is -1.98. The fourth-order valence-corrected chi connectivity index (χ4v) is 2.57. The van der Waals surface area contributed by atoms with Crippen molar-refractivity contribution in [2.45, 2.75) is 13.1 Å². The van der Waals surface area contributed by atoms with Crippen molar-refractivity contribution in [1.29, 1.82) is 0 Å². The molecule has 0 aliphatic heterocycles.